The smallest absolute Gasteiger partial charge is 0.352 e. The summed E-state index contributed by atoms with van der Waals surface area (Å²) in [6.07, 6.45) is 2.38. The number of aromatic nitrogens is 3. The van der Waals surface area contributed by atoms with E-state index in [1.54, 1.807) is 20.0 Å². The predicted molar refractivity (Wildman–Crippen MR) is 81.0 cm³/mol. The minimum atomic E-state index is -1.08. The normalized spacial score (nSPS) is 12.2. The van der Waals surface area contributed by atoms with Gasteiger partial charge in [0.1, 0.15) is 11.5 Å². The van der Waals surface area contributed by atoms with Crippen LogP contribution in [0.15, 0.2) is 6.20 Å². The Morgan fingerprint density at radius 3 is 2.45 bits per heavy atom. The van der Waals surface area contributed by atoms with E-state index in [2.05, 4.69) is 20.3 Å². The number of aromatic amines is 2. The molecular weight excluding hydrogens is 284 g/mol. The van der Waals surface area contributed by atoms with Gasteiger partial charge in [-0.15, -0.1) is 0 Å². The van der Waals surface area contributed by atoms with Crippen LogP contribution in [0, 0.1) is 20.8 Å². The van der Waals surface area contributed by atoms with Crippen LogP contribution in [0.4, 0.5) is 0 Å². The zero-order valence-electron chi connectivity index (χ0n) is 13.1. The van der Waals surface area contributed by atoms with Crippen molar-refractivity contribution < 1.29 is 14.7 Å². The van der Waals surface area contributed by atoms with Crippen molar-refractivity contribution in [3.63, 3.8) is 0 Å². The fourth-order valence-corrected chi connectivity index (χ4v) is 2.51. The van der Waals surface area contributed by atoms with Gasteiger partial charge in [-0.1, -0.05) is 6.92 Å². The summed E-state index contributed by atoms with van der Waals surface area (Å²) in [7, 11) is 0. The van der Waals surface area contributed by atoms with E-state index in [1.807, 2.05) is 13.8 Å². The van der Waals surface area contributed by atoms with E-state index in [1.165, 1.54) is 0 Å². The van der Waals surface area contributed by atoms with Gasteiger partial charge in [-0.2, -0.15) is 0 Å². The maximum absolute atomic E-state index is 12.5. The molecule has 2 rings (SSSR count). The third-order valence-electron chi connectivity index (χ3n) is 3.64. The third-order valence-corrected chi connectivity index (χ3v) is 3.64. The first-order chi connectivity index (χ1) is 10.3. The van der Waals surface area contributed by atoms with Crippen LogP contribution in [0.2, 0.25) is 0 Å². The molecule has 0 aliphatic rings. The molecule has 0 spiro atoms. The molecule has 2 aromatic heterocycles. The van der Waals surface area contributed by atoms with Crippen molar-refractivity contribution in [1.82, 2.24) is 20.3 Å². The molecule has 0 fully saturated rings. The van der Waals surface area contributed by atoms with Crippen molar-refractivity contribution in [1.29, 1.82) is 0 Å². The van der Waals surface area contributed by atoms with Gasteiger partial charge in [0.2, 0.25) is 0 Å². The molecular formula is C15H20N4O3. The summed E-state index contributed by atoms with van der Waals surface area (Å²) in [6, 6.07) is -0.247. The Morgan fingerprint density at radius 1 is 1.32 bits per heavy atom. The molecule has 2 heterocycles. The summed E-state index contributed by atoms with van der Waals surface area (Å²) in [5, 5.41) is 12.0. The molecule has 118 valence electrons. The first-order valence-corrected chi connectivity index (χ1v) is 7.10. The zero-order valence-corrected chi connectivity index (χ0v) is 13.1. The molecule has 0 saturated heterocycles. The van der Waals surface area contributed by atoms with Crippen LogP contribution in [-0.2, 0) is 0 Å². The van der Waals surface area contributed by atoms with Crippen LogP contribution < -0.4 is 5.32 Å². The molecule has 22 heavy (non-hydrogen) atoms. The lowest BCUT2D eigenvalue weighted by molar-refractivity contribution is 0.0690. The van der Waals surface area contributed by atoms with Gasteiger partial charge in [0.15, 0.2) is 0 Å². The molecule has 0 aromatic carbocycles. The number of hydrogen-bond donors (Lipinski definition) is 4. The number of amides is 1. The highest BCUT2D eigenvalue weighted by Gasteiger charge is 2.24. The molecule has 1 atom stereocenters. The van der Waals surface area contributed by atoms with Gasteiger partial charge in [0.05, 0.1) is 11.6 Å². The van der Waals surface area contributed by atoms with Crippen molar-refractivity contribution in [2.75, 3.05) is 0 Å². The number of carboxylic acid groups (broad SMARTS) is 1. The van der Waals surface area contributed by atoms with E-state index in [9.17, 15) is 9.59 Å². The minimum absolute atomic E-state index is 0.0459. The molecule has 7 heteroatoms. The fourth-order valence-electron chi connectivity index (χ4n) is 2.51. The topological polar surface area (TPSA) is 111 Å². The number of H-pyrrole nitrogens is 2. The predicted octanol–water partition coefficient (Wildman–Crippen LogP) is 2.24. The maximum atomic E-state index is 12.5. The highest BCUT2D eigenvalue weighted by molar-refractivity contribution is 6.00. The zero-order chi connectivity index (χ0) is 16.4. The van der Waals surface area contributed by atoms with Gasteiger partial charge in [0.25, 0.3) is 5.91 Å². The summed E-state index contributed by atoms with van der Waals surface area (Å²) < 4.78 is 0. The second-order valence-corrected chi connectivity index (χ2v) is 5.32. The molecule has 7 nitrogen and oxygen atoms in total. The number of carbonyl (C=O) groups excluding carboxylic acids is 1. The summed E-state index contributed by atoms with van der Waals surface area (Å²) in [4.78, 5) is 33.7. The molecule has 4 N–H and O–H groups in total. The summed E-state index contributed by atoms with van der Waals surface area (Å²) in [5.41, 5.74) is 2.32. The van der Waals surface area contributed by atoms with E-state index in [0.29, 0.717) is 29.1 Å². The molecule has 1 amide bonds. The van der Waals surface area contributed by atoms with Gasteiger partial charge < -0.3 is 20.4 Å². The van der Waals surface area contributed by atoms with Gasteiger partial charge in [-0.3, -0.25) is 4.79 Å². The summed E-state index contributed by atoms with van der Waals surface area (Å²) in [5.74, 6) is -0.689. The first-order valence-electron chi connectivity index (χ1n) is 7.10. The number of rotatable bonds is 5. The van der Waals surface area contributed by atoms with Crippen LogP contribution in [0.25, 0.3) is 0 Å². The average Bonchev–Trinajstić information content (AvgIpc) is 3.00. The minimum Gasteiger partial charge on any atom is -0.477 e. The van der Waals surface area contributed by atoms with Crippen LogP contribution in [0.3, 0.4) is 0 Å². The average molecular weight is 304 g/mol. The number of hydrogen-bond acceptors (Lipinski definition) is 3. The third kappa shape index (κ3) is 2.88. The number of imidazole rings is 1. The largest absolute Gasteiger partial charge is 0.477 e. The SMILES string of the molecule is CCC(NC(=O)c1c(C)[nH]c(C(=O)O)c1C)c1ncc(C)[nH]1. The number of nitrogens with zero attached hydrogens (tertiary/aromatic N) is 1. The Bertz CT molecular complexity index is 714. The van der Waals surface area contributed by atoms with E-state index < -0.39 is 5.97 Å². The lowest BCUT2D eigenvalue weighted by atomic mass is 10.1. The lowest BCUT2D eigenvalue weighted by Gasteiger charge is -2.15. The second kappa shape index (κ2) is 6.05. The lowest BCUT2D eigenvalue weighted by Crippen LogP contribution is -2.29. The van der Waals surface area contributed by atoms with Gasteiger partial charge in [0, 0.05) is 17.6 Å². The monoisotopic (exact) mass is 304 g/mol. The number of carboxylic acids is 1. The van der Waals surface area contributed by atoms with Gasteiger partial charge in [-0.25, -0.2) is 9.78 Å². The highest BCUT2D eigenvalue weighted by Crippen LogP contribution is 2.20. The van der Waals surface area contributed by atoms with Crippen molar-refractivity contribution in [3.8, 4) is 0 Å². The van der Waals surface area contributed by atoms with Crippen LogP contribution in [0.5, 0.6) is 0 Å². The highest BCUT2D eigenvalue weighted by atomic mass is 16.4. The van der Waals surface area contributed by atoms with Crippen LogP contribution in [-0.4, -0.2) is 31.9 Å². The Labute approximate surface area is 128 Å². The molecule has 0 bridgehead atoms. The Kier molecular flexibility index (Phi) is 4.35. The molecule has 0 saturated carbocycles. The number of aryl methyl sites for hydroxylation is 2. The Balaban J connectivity index is 2.27. The van der Waals surface area contributed by atoms with Crippen molar-refractivity contribution in [2.24, 2.45) is 0 Å². The number of nitrogens with one attached hydrogen (secondary N) is 3. The molecule has 0 radical (unpaired) electrons. The quantitative estimate of drug-likeness (QED) is 0.678. The number of carbonyl (C=O) groups is 2. The maximum Gasteiger partial charge on any atom is 0.352 e. The van der Waals surface area contributed by atoms with Gasteiger partial charge >= 0.3 is 5.97 Å². The molecule has 2 aromatic rings. The standard InChI is InChI=1S/C15H20N4O3/c1-5-10(13-16-6-7(2)17-13)19-14(20)11-8(3)12(15(21)22)18-9(11)4/h6,10,18H,5H2,1-4H3,(H,16,17)(H,19,20)(H,21,22). The van der Waals surface area contributed by atoms with Crippen LogP contribution in [0.1, 0.15) is 63.0 Å². The van der Waals surface area contributed by atoms with Gasteiger partial charge in [-0.05, 0) is 32.8 Å². The Hall–Kier alpha value is -2.57. The van der Waals surface area contributed by atoms with E-state index in [-0.39, 0.29) is 17.6 Å². The first kappa shape index (κ1) is 15.8. The van der Waals surface area contributed by atoms with Crippen molar-refractivity contribution >= 4 is 11.9 Å². The summed E-state index contributed by atoms with van der Waals surface area (Å²) in [6.45, 7) is 7.15. The fraction of sp³-hybridized carbons (Fsp3) is 0.400. The Morgan fingerprint density at radius 2 is 2.00 bits per heavy atom. The summed E-state index contributed by atoms with van der Waals surface area (Å²) >= 11 is 0. The van der Waals surface area contributed by atoms with Crippen molar-refractivity contribution in [3.05, 3.63) is 40.2 Å². The van der Waals surface area contributed by atoms with E-state index in [4.69, 9.17) is 5.11 Å². The molecule has 1 unspecified atom stereocenters. The second-order valence-electron chi connectivity index (χ2n) is 5.32. The number of aromatic carboxylic acids is 1. The molecule has 0 aliphatic heterocycles. The molecule has 0 aliphatic carbocycles. The van der Waals surface area contributed by atoms with E-state index in [0.717, 1.165) is 5.69 Å². The van der Waals surface area contributed by atoms with Crippen molar-refractivity contribution in [2.45, 2.75) is 40.2 Å². The van der Waals surface area contributed by atoms with Crippen LogP contribution >= 0.6 is 0 Å². The van der Waals surface area contributed by atoms with E-state index >= 15 is 0 Å².